The highest BCUT2D eigenvalue weighted by molar-refractivity contribution is 5.38. The summed E-state index contributed by atoms with van der Waals surface area (Å²) in [5, 5.41) is 8.62. The van der Waals surface area contributed by atoms with Gasteiger partial charge in [-0.25, -0.2) is 4.39 Å². The molecule has 0 spiro atoms. The van der Waals surface area contributed by atoms with E-state index in [0.29, 0.717) is 0 Å². The number of hydrogen-bond donors (Lipinski definition) is 1. The minimum absolute atomic E-state index is 0.0246. The van der Waals surface area contributed by atoms with Crippen LogP contribution >= 0.6 is 0 Å². The Morgan fingerprint density at radius 1 is 1.26 bits per heavy atom. The Bertz CT molecular complexity index is 655. The first kappa shape index (κ1) is 12.6. The molecule has 0 atom stereocenters. The van der Waals surface area contributed by atoms with E-state index in [2.05, 4.69) is 9.97 Å². The van der Waals surface area contributed by atoms with Crippen LogP contribution in [0.1, 0.15) is 5.56 Å². The van der Waals surface area contributed by atoms with Gasteiger partial charge < -0.3 is 15.2 Å². The predicted octanol–water partition coefficient (Wildman–Crippen LogP) is 1.87. The summed E-state index contributed by atoms with van der Waals surface area (Å²) in [6.07, 6.45) is 0. The van der Waals surface area contributed by atoms with Gasteiger partial charge in [0.2, 0.25) is 17.7 Å². The van der Waals surface area contributed by atoms with E-state index in [-0.39, 0.29) is 29.0 Å². The Morgan fingerprint density at radius 2 is 2.00 bits per heavy atom. The van der Waals surface area contributed by atoms with Crippen molar-refractivity contribution < 1.29 is 13.9 Å². The average Bonchev–Trinajstić information content (AvgIpc) is 2.38. The van der Waals surface area contributed by atoms with Crippen molar-refractivity contribution in [2.24, 2.45) is 0 Å². The largest absolute Gasteiger partial charge is 0.481 e. The normalized spacial score (nSPS) is 9.74. The minimum Gasteiger partial charge on any atom is -0.481 e. The molecule has 0 unspecified atom stereocenters. The molecule has 0 aliphatic rings. The number of nitrogens with zero attached hydrogens (tertiary/aromatic N) is 3. The van der Waals surface area contributed by atoms with Crippen LogP contribution in [-0.2, 0) is 0 Å². The highest BCUT2D eigenvalue weighted by Gasteiger charge is 2.07. The van der Waals surface area contributed by atoms with Gasteiger partial charge in [0.15, 0.2) is 0 Å². The number of nitrogen functional groups attached to an aromatic ring is 1. The quantitative estimate of drug-likeness (QED) is 0.905. The number of methoxy groups -OCH3 is 1. The Hall–Kier alpha value is -2.88. The standard InChI is InChI=1S/C12H9FN4O2/c1-18-10-5-11(17-12(15)16-10)19-8-3-2-7(6-14)9(13)4-8/h2-5H,1H3,(H2,15,16,17). The first-order chi connectivity index (χ1) is 9.12. The molecule has 2 aromatic rings. The molecule has 2 rings (SSSR count). The lowest BCUT2D eigenvalue weighted by atomic mass is 10.2. The lowest BCUT2D eigenvalue weighted by Crippen LogP contribution is -1.99. The first-order valence-electron chi connectivity index (χ1n) is 5.18. The van der Waals surface area contributed by atoms with Crippen molar-refractivity contribution in [2.75, 3.05) is 12.8 Å². The second kappa shape index (κ2) is 5.18. The maximum atomic E-state index is 13.4. The number of nitriles is 1. The smallest absolute Gasteiger partial charge is 0.227 e. The van der Waals surface area contributed by atoms with E-state index in [1.165, 1.54) is 25.3 Å². The third kappa shape index (κ3) is 2.87. The van der Waals surface area contributed by atoms with Crippen LogP contribution in [0.25, 0.3) is 0 Å². The molecule has 0 amide bonds. The zero-order valence-electron chi connectivity index (χ0n) is 9.92. The molecule has 0 saturated heterocycles. The summed E-state index contributed by atoms with van der Waals surface area (Å²) in [6, 6.07) is 6.98. The lowest BCUT2D eigenvalue weighted by Gasteiger charge is -2.07. The molecule has 1 heterocycles. The van der Waals surface area contributed by atoms with Crippen LogP contribution in [0.4, 0.5) is 10.3 Å². The maximum absolute atomic E-state index is 13.4. The predicted molar refractivity (Wildman–Crippen MR) is 64.2 cm³/mol. The van der Waals surface area contributed by atoms with E-state index in [4.69, 9.17) is 20.5 Å². The van der Waals surface area contributed by atoms with Gasteiger partial charge in [0.1, 0.15) is 17.6 Å². The fourth-order valence-electron chi connectivity index (χ4n) is 1.35. The Morgan fingerprint density at radius 3 is 2.63 bits per heavy atom. The van der Waals surface area contributed by atoms with Crippen molar-refractivity contribution in [1.29, 1.82) is 5.26 Å². The average molecular weight is 260 g/mol. The molecule has 7 heteroatoms. The number of aromatic nitrogens is 2. The number of anilines is 1. The van der Waals surface area contributed by atoms with E-state index in [0.717, 1.165) is 6.07 Å². The minimum atomic E-state index is -0.672. The van der Waals surface area contributed by atoms with Gasteiger partial charge in [-0.05, 0) is 12.1 Å². The molecule has 96 valence electrons. The summed E-state index contributed by atoms with van der Waals surface area (Å²) in [5.41, 5.74) is 5.40. The molecule has 1 aromatic heterocycles. The van der Waals surface area contributed by atoms with Crippen LogP contribution in [-0.4, -0.2) is 17.1 Å². The zero-order valence-corrected chi connectivity index (χ0v) is 9.92. The monoisotopic (exact) mass is 260 g/mol. The Balaban J connectivity index is 2.28. The van der Waals surface area contributed by atoms with E-state index >= 15 is 0 Å². The van der Waals surface area contributed by atoms with Crippen LogP contribution in [0.5, 0.6) is 17.5 Å². The highest BCUT2D eigenvalue weighted by Crippen LogP contribution is 2.24. The summed E-state index contributed by atoms with van der Waals surface area (Å²) in [4.78, 5) is 7.61. The number of nitrogens with two attached hydrogens (primary N) is 1. The number of ether oxygens (including phenoxy) is 2. The van der Waals surface area contributed by atoms with E-state index in [9.17, 15) is 4.39 Å². The molecule has 0 aliphatic heterocycles. The SMILES string of the molecule is COc1cc(Oc2ccc(C#N)c(F)c2)nc(N)n1. The molecule has 6 nitrogen and oxygen atoms in total. The van der Waals surface area contributed by atoms with Crippen LogP contribution < -0.4 is 15.2 Å². The van der Waals surface area contributed by atoms with Gasteiger partial charge in [0.25, 0.3) is 0 Å². The fourth-order valence-corrected chi connectivity index (χ4v) is 1.35. The Kier molecular flexibility index (Phi) is 3.43. The summed E-state index contributed by atoms with van der Waals surface area (Å²) in [7, 11) is 1.42. The van der Waals surface area contributed by atoms with Crippen molar-refractivity contribution in [3.8, 4) is 23.6 Å². The van der Waals surface area contributed by atoms with Gasteiger partial charge in [-0.2, -0.15) is 15.2 Å². The molecule has 2 N–H and O–H groups in total. The molecular formula is C12H9FN4O2. The fraction of sp³-hybridized carbons (Fsp3) is 0.0833. The molecule has 0 bridgehead atoms. The second-order valence-electron chi connectivity index (χ2n) is 3.46. The van der Waals surface area contributed by atoms with Crippen molar-refractivity contribution in [1.82, 2.24) is 9.97 Å². The lowest BCUT2D eigenvalue weighted by molar-refractivity contribution is 0.389. The topological polar surface area (TPSA) is 94.0 Å². The molecule has 0 radical (unpaired) electrons. The molecule has 0 fully saturated rings. The molecule has 1 aromatic carbocycles. The number of benzene rings is 1. The number of halogens is 1. The van der Waals surface area contributed by atoms with Crippen LogP contribution in [0, 0.1) is 17.1 Å². The second-order valence-corrected chi connectivity index (χ2v) is 3.46. The van der Waals surface area contributed by atoms with Crippen LogP contribution in [0.15, 0.2) is 24.3 Å². The van der Waals surface area contributed by atoms with E-state index in [1.54, 1.807) is 6.07 Å². The van der Waals surface area contributed by atoms with Crippen LogP contribution in [0.2, 0.25) is 0 Å². The third-order valence-corrected chi connectivity index (χ3v) is 2.19. The molecule has 19 heavy (non-hydrogen) atoms. The van der Waals surface area contributed by atoms with Crippen molar-refractivity contribution in [2.45, 2.75) is 0 Å². The third-order valence-electron chi connectivity index (χ3n) is 2.19. The van der Waals surface area contributed by atoms with Gasteiger partial charge in [0, 0.05) is 6.07 Å². The van der Waals surface area contributed by atoms with E-state index in [1.807, 2.05) is 0 Å². The van der Waals surface area contributed by atoms with Gasteiger partial charge in [0.05, 0.1) is 18.7 Å². The maximum Gasteiger partial charge on any atom is 0.227 e. The van der Waals surface area contributed by atoms with Gasteiger partial charge in [-0.1, -0.05) is 0 Å². The molecular weight excluding hydrogens is 251 g/mol. The summed E-state index contributed by atoms with van der Waals surface area (Å²) in [5.74, 6) is -0.154. The van der Waals surface area contributed by atoms with Crippen LogP contribution in [0.3, 0.4) is 0 Å². The summed E-state index contributed by atoms with van der Waals surface area (Å²) >= 11 is 0. The molecule has 0 aliphatic carbocycles. The first-order valence-corrected chi connectivity index (χ1v) is 5.18. The van der Waals surface area contributed by atoms with Crippen molar-refractivity contribution in [3.05, 3.63) is 35.6 Å². The van der Waals surface area contributed by atoms with Gasteiger partial charge in [-0.3, -0.25) is 0 Å². The van der Waals surface area contributed by atoms with Gasteiger partial charge in [-0.15, -0.1) is 0 Å². The molecule has 0 saturated carbocycles. The summed E-state index contributed by atoms with van der Waals surface area (Å²) < 4.78 is 23.6. The summed E-state index contributed by atoms with van der Waals surface area (Å²) in [6.45, 7) is 0. The van der Waals surface area contributed by atoms with Gasteiger partial charge >= 0.3 is 0 Å². The van der Waals surface area contributed by atoms with Crippen molar-refractivity contribution in [3.63, 3.8) is 0 Å². The van der Waals surface area contributed by atoms with E-state index < -0.39 is 5.82 Å². The highest BCUT2D eigenvalue weighted by atomic mass is 19.1. The zero-order chi connectivity index (χ0) is 13.8. The number of hydrogen-bond acceptors (Lipinski definition) is 6. The number of rotatable bonds is 3. The Labute approximate surface area is 108 Å². The van der Waals surface area contributed by atoms with Crippen molar-refractivity contribution >= 4 is 5.95 Å².